The van der Waals surface area contributed by atoms with E-state index in [0.717, 1.165) is 22.4 Å². The molecule has 2 N–H and O–H groups in total. The van der Waals surface area contributed by atoms with E-state index >= 15 is 0 Å². The number of fused-ring (bicyclic) bond motifs is 1. The topological polar surface area (TPSA) is 79.4 Å². The highest BCUT2D eigenvalue weighted by Gasteiger charge is 2.11. The van der Waals surface area contributed by atoms with Crippen molar-refractivity contribution in [1.29, 1.82) is 0 Å². The molecule has 0 saturated heterocycles. The zero-order valence-electron chi connectivity index (χ0n) is 11.6. The second kappa shape index (κ2) is 5.25. The van der Waals surface area contributed by atoms with Crippen LogP contribution >= 0.6 is 0 Å². The van der Waals surface area contributed by atoms with E-state index in [-0.39, 0.29) is 0 Å². The molecule has 0 fully saturated rings. The Bertz CT molecular complexity index is 902. The van der Waals surface area contributed by atoms with Gasteiger partial charge >= 0.3 is 0 Å². The van der Waals surface area contributed by atoms with Gasteiger partial charge in [-0.25, -0.2) is 9.97 Å². The summed E-state index contributed by atoms with van der Waals surface area (Å²) in [5.74, 6) is 1.28. The molecule has 0 aliphatic rings. The molecule has 4 rings (SSSR count). The molecule has 0 atom stereocenters. The third kappa shape index (κ3) is 2.26. The van der Waals surface area contributed by atoms with Gasteiger partial charge in [-0.3, -0.25) is 0 Å². The molecule has 2 aromatic heterocycles. The van der Waals surface area contributed by atoms with Crippen LogP contribution in [0.3, 0.4) is 0 Å². The third-order valence-corrected chi connectivity index (χ3v) is 3.28. The summed E-state index contributed by atoms with van der Waals surface area (Å²) in [6.45, 7) is 0. The Labute approximate surface area is 126 Å². The van der Waals surface area contributed by atoms with Gasteiger partial charge in [0, 0.05) is 11.1 Å². The zero-order valence-corrected chi connectivity index (χ0v) is 11.6. The second-order valence-electron chi connectivity index (χ2n) is 4.76. The molecular weight excluding hydrogens is 276 g/mol. The number of hydrogen-bond donors (Lipinski definition) is 2. The van der Waals surface area contributed by atoms with E-state index in [0.29, 0.717) is 11.5 Å². The van der Waals surface area contributed by atoms with Crippen LogP contribution in [0.25, 0.3) is 22.4 Å². The molecule has 2 heterocycles. The molecule has 0 saturated carbocycles. The molecule has 4 aromatic rings. The SMILES string of the molecule is c1ccc(Nc2nc(-c3cn[nH]n3)nc3ccccc23)cc1. The summed E-state index contributed by atoms with van der Waals surface area (Å²) in [7, 11) is 0. The Morgan fingerprint density at radius 2 is 1.68 bits per heavy atom. The first-order valence-electron chi connectivity index (χ1n) is 6.85. The summed E-state index contributed by atoms with van der Waals surface area (Å²) in [5.41, 5.74) is 2.44. The largest absolute Gasteiger partial charge is 0.340 e. The maximum absolute atomic E-state index is 4.59. The molecule has 2 aromatic carbocycles. The lowest BCUT2D eigenvalue weighted by Crippen LogP contribution is -1.99. The lowest BCUT2D eigenvalue weighted by atomic mass is 10.2. The van der Waals surface area contributed by atoms with E-state index in [1.165, 1.54) is 0 Å². The molecule has 0 bridgehead atoms. The second-order valence-corrected chi connectivity index (χ2v) is 4.76. The van der Waals surface area contributed by atoms with Crippen molar-refractivity contribution in [3.8, 4) is 11.5 Å². The third-order valence-electron chi connectivity index (χ3n) is 3.28. The molecule has 106 valence electrons. The number of hydrogen-bond acceptors (Lipinski definition) is 5. The number of aromatic amines is 1. The minimum atomic E-state index is 0.533. The van der Waals surface area contributed by atoms with Crippen molar-refractivity contribution in [3.05, 3.63) is 60.8 Å². The molecule has 22 heavy (non-hydrogen) atoms. The maximum Gasteiger partial charge on any atom is 0.184 e. The molecule has 0 aliphatic heterocycles. The van der Waals surface area contributed by atoms with Gasteiger partial charge in [0.1, 0.15) is 11.5 Å². The Morgan fingerprint density at radius 1 is 0.864 bits per heavy atom. The smallest absolute Gasteiger partial charge is 0.184 e. The van der Waals surface area contributed by atoms with Crippen molar-refractivity contribution in [3.63, 3.8) is 0 Å². The molecule has 0 amide bonds. The van der Waals surface area contributed by atoms with Crippen molar-refractivity contribution in [2.75, 3.05) is 5.32 Å². The predicted octanol–water partition coefficient (Wildman–Crippen LogP) is 3.16. The Balaban J connectivity index is 1.88. The van der Waals surface area contributed by atoms with Crippen LogP contribution in [0.4, 0.5) is 11.5 Å². The molecule has 0 spiro atoms. The van der Waals surface area contributed by atoms with E-state index in [1.807, 2.05) is 54.6 Å². The van der Waals surface area contributed by atoms with Gasteiger partial charge in [-0.2, -0.15) is 15.4 Å². The first kappa shape index (κ1) is 12.5. The minimum Gasteiger partial charge on any atom is -0.340 e. The van der Waals surface area contributed by atoms with E-state index in [2.05, 4.69) is 30.7 Å². The zero-order chi connectivity index (χ0) is 14.8. The van der Waals surface area contributed by atoms with Gasteiger partial charge in [-0.05, 0) is 24.3 Å². The standard InChI is InChI=1S/C16H12N6/c1-2-6-11(7-3-1)18-15-12-8-4-5-9-13(12)19-16(20-15)14-10-17-22-21-14/h1-10H,(H,17,21,22)(H,18,19,20). The summed E-state index contributed by atoms with van der Waals surface area (Å²) in [5, 5.41) is 14.8. The van der Waals surface area contributed by atoms with E-state index < -0.39 is 0 Å². The summed E-state index contributed by atoms with van der Waals surface area (Å²) >= 11 is 0. The quantitative estimate of drug-likeness (QED) is 0.605. The van der Waals surface area contributed by atoms with Crippen LogP contribution in [0.15, 0.2) is 60.8 Å². The number of aromatic nitrogens is 5. The number of nitrogens with one attached hydrogen (secondary N) is 2. The predicted molar refractivity (Wildman–Crippen MR) is 84.6 cm³/mol. The fourth-order valence-electron chi connectivity index (χ4n) is 2.25. The minimum absolute atomic E-state index is 0.533. The van der Waals surface area contributed by atoms with Crippen LogP contribution in [0.2, 0.25) is 0 Å². The fourth-order valence-corrected chi connectivity index (χ4v) is 2.25. The van der Waals surface area contributed by atoms with Crippen LogP contribution in [0, 0.1) is 0 Å². The summed E-state index contributed by atoms with van der Waals surface area (Å²) in [4.78, 5) is 9.14. The highest BCUT2D eigenvalue weighted by molar-refractivity contribution is 5.92. The van der Waals surface area contributed by atoms with E-state index in [4.69, 9.17) is 0 Å². The number of H-pyrrole nitrogens is 1. The number of nitrogens with zero attached hydrogens (tertiary/aromatic N) is 4. The lowest BCUT2D eigenvalue weighted by molar-refractivity contribution is 0.939. The summed E-state index contributed by atoms with van der Waals surface area (Å²) in [6, 6.07) is 17.8. The van der Waals surface area contributed by atoms with Gasteiger partial charge in [-0.1, -0.05) is 30.3 Å². The first-order chi connectivity index (χ1) is 10.9. The monoisotopic (exact) mass is 288 g/mol. The van der Waals surface area contributed by atoms with Crippen LogP contribution < -0.4 is 5.32 Å². The van der Waals surface area contributed by atoms with Crippen LogP contribution in [-0.2, 0) is 0 Å². The van der Waals surface area contributed by atoms with Crippen LogP contribution in [0.5, 0.6) is 0 Å². The molecule has 6 heteroatoms. The van der Waals surface area contributed by atoms with Gasteiger partial charge in [-0.15, -0.1) is 0 Å². The van der Waals surface area contributed by atoms with Gasteiger partial charge < -0.3 is 5.32 Å². The van der Waals surface area contributed by atoms with Crippen molar-refractivity contribution < 1.29 is 0 Å². The number of para-hydroxylation sites is 2. The van der Waals surface area contributed by atoms with Crippen molar-refractivity contribution >= 4 is 22.4 Å². The van der Waals surface area contributed by atoms with E-state index in [1.54, 1.807) is 6.20 Å². The Kier molecular flexibility index (Phi) is 2.97. The summed E-state index contributed by atoms with van der Waals surface area (Å²) in [6.07, 6.45) is 1.61. The van der Waals surface area contributed by atoms with E-state index in [9.17, 15) is 0 Å². The number of benzene rings is 2. The van der Waals surface area contributed by atoms with Gasteiger partial charge in [0.05, 0.1) is 11.7 Å². The molecule has 0 unspecified atom stereocenters. The Hall–Kier alpha value is -3.28. The molecule has 0 aliphatic carbocycles. The summed E-state index contributed by atoms with van der Waals surface area (Å²) < 4.78 is 0. The van der Waals surface area contributed by atoms with Crippen molar-refractivity contribution in [2.24, 2.45) is 0 Å². The van der Waals surface area contributed by atoms with Crippen molar-refractivity contribution in [2.45, 2.75) is 0 Å². The number of anilines is 2. The van der Waals surface area contributed by atoms with Crippen molar-refractivity contribution in [1.82, 2.24) is 25.4 Å². The lowest BCUT2D eigenvalue weighted by Gasteiger charge is -2.09. The molecule has 0 radical (unpaired) electrons. The van der Waals surface area contributed by atoms with Crippen LogP contribution in [0.1, 0.15) is 0 Å². The highest BCUT2D eigenvalue weighted by atomic mass is 15.3. The van der Waals surface area contributed by atoms with Gasteiger partial charge in [0.15, 0.2) is 5.82 Å². The van der Waals surface area contributed by atoms with Gasteiger partial charge in [0.25, 0.3) is 0 Å². The number of rotatable bonds is 3. The maximum atomic E-state index is 4.59. The highest BCUT2D eigenvalue weighted by Crippen LogP contribution is 2.26. The average molecular weight is 288 g/mol. The molecule has 6 nitrogen and oxygen atoms in total. The van der Waals surface area contributed by atoms with Crippen LogP contribution in [-0.4, -0.2) is 25.4 Å². The fraction of sp³-hybridized carbons (Fsp3) is 0. The molecular formula is C16H12N6. The van der Waals surface area contributed by atoms with Gasteiger partial charge in [0.2, 0.25) is 0 Å². The Morgan fingerprint density at radius 3 is 2.50 bits per heavy atom. The average Bonchev–Trinajstić information content (AvgIpc) is 3.10. The normalized spacial score (nSPS) is 10.7. The first-order valence-corrected chi connectivity index (χ1v) is 6.85.